The van der Waals surface area contributed by atoms with E-state index in [0.29, 0.717) is 0 Å². The van der Waals surface area contributed by atoms with E-state index in [2.05, 4.69) is 19.1 Å². The van der Waals surface area contributed by atoms with Gasteiger partial charge in [-0.2, -0.15) is 0 Å². The molecule has 0 aliphatic heterocycles. The van der Waals surface area contributed by atoms with Crippen LogP contribution < -0.4 is 0 Å². The third-order valence-corrected chi connectivity index (χ3v) is 4.10. The molecule has 1 nitrogen and oxygen atoms in total. The van der Waals surface area contributed by atoms with Gasteiger partial charge >= 0.3 is 0 Å². The van der Waals surface area contributed by atoms with Crippen molar-refractivity contribution in [1.29, 1.82) is 0 Å². The molecule has 0 fully saturated rings. The Labute approximate surface area is 134 Å². The predicted molar refractivity (Wildman–Crippen MR) is 93.5 cm³/mol. The van der Waals surface area contributed by atoms with Crippen LogP contribution in [0.1, 0.15) is 66.1 Å². The number of aryl methyl sites for hydroxylation is 2. The molecule has 0 heterocycles. The SMILES string of the molecule is CCCCCCCc1ccc(C(=O)c2ccc(C)cc2)cc1. The highest BCUT2D eigenvalue weighted by Gasteiger charge is 2.08. The van der Waals surface area contributed by atoms with Gasteiger partial charge in [-0.1, -0.05) is 86.7 Å². The van der Waals surface area contributed by atoms with Crippen molar-refractivity contribution in [3.8, 4) is 0 Å². The summed E-state index contributed by atoms with van der Waals surface area (Å²) in [5.74, 6) is 0.106. The summed E-state index contributed by atoms with van der Waals surface area (Å²) >= 11 is 0. The fourth-order valence-corrected chi connectivity index (χ4v) is 2.63. The Morgan fingerprint density at radius 2 is 1.32 bits per heavy atom. The molecular weight excluding hydrogens is 268 g/mol. The molecule has 0 N–H and O–H groups in total. The van der Waals surface area contributed by atoms with Crippen molar-refractivity contribution in [3.05, 3.63) is 70.8 Å². The lowest BCUT2D eigenvalue weighted by Gasteiger charge is -2.05. The van der Waals surface area contributed by atoms with E-state index in [0.717, 1.165) is 17.5 Å². The Hall–Kier alpha value is -1.89. The summed E-state index contributed by atoms with van der Waals surface area (Å²) in [6, 6.07) is 15.9. The summed E-state index contributed by atoms with van der Waals surface area (Å²) < 4.78 is 0. The highest BCUT2D eigenvalue weighted by Crippen LogP contribution is 2.14. The molecule has 2 aromatic rings. The van der Waals surface area contributed by atoms with Crippen LogP contribution in [0.25, 0.3) is 0 Å². The highest BCUT2D eigenvalue weighted by molar-refractivity contribution is 6.08. The summed E-state index contributed by atoms with van der Waals surface area (Å²) in [7, 11) is 0. The topological polar surface area (TPSA) is 17.1 Å². The second-order valence-corrected chi connectivity index (χ2v) is 6.06. The Bertz CT molecular complexity index is 578. The van der Waals surface area contributed by atoms with Crippen LogP contribution in [0.15, 0.2) is 48.5 Å². The first-order valence-electron chi connectivity index (χ1n) is 8.41. The van der Waals surface area contributed by atoms with Crippen molar-refractivity contribution in [2.75, 3.05) is 0 Å². The van der Waals surface area contributed by atoms with Crippen LogP contribution in [0.5, 0.6) is 0 Å². The standard InChI is InChI=1S/C21H26O/c1-3-4-5-6-7-8-18-11-15-20(16-12-18)21(22)19-13-9-17(2)10-14-19/h9-16H,3-8H2,1-2H3. The first-order valence-corrected chi connectivity index (χ1v) is 8.41. The van der Waals surface area contributed by atoms with Crippen molar-refractivity contribution in [3.63, 3.8) is 0 Å². The fraction of sp³-hybridized carbons (Fsp3) is 0.381. The van der Waals surface area contributed by atoms with Crippen LogP contribution in [0, 0.1) is 6.92 Å². The Kier molecular flexibility index (Phi) is 6.39. The van der Waals surface area contributed by atoms with Gasteiger partial charge in [0.1, 0.15) is 0 Å². The van der Waals surface area contributed by atoms with Crippen LogP contribution in [0.3, 0.4) is 0 Å². The lowest BCUT2D eigenvalue weighted by molar-refractivity contribution is 0.103. The van der Waals surface area contributed by atoms with Gasteiger partial charge < -0.3 is 0 Å². The minimum atomic E-state index is 0.106. The molecule has 0 spiro atoms. The minimum absolute atomic E-state index is 0.106. The van der Waals surface area contributed by atoms with E-state index in [4.69, 9.17) is 0 Å². The number of hydrogen-bond acceptors (Lipinski definition) is 1. The molecule has 0 amide bonds. The average molecular weight is 294 g/mol. The van der Waals surface area contributed by atoms with Gasteiger partial charge in [-0.05, 0) is 25.3 Å². The maximum absolute atomic E-state index is 12.4. The molecule has 0 saturated carbocycles. The molecule has 2 rings (SSSR count). The number of unbranched alkanes of at least 4 members (excludes halogenated alkanes) is 4. The van der Waals surface area contributed by atoms with Crippen molar-refractivity contribution < 1.29 is 4.79 Å². The van der Waals surface area contributed by atoms with Gasteiger partial charge in [-0.3, -0.25) is 4.79 Å². The number of carbonyl (C=O) groups is 1. The van der Waals surface area contributed by atoms with Gasteiger partial charge in [0.2, 0.25) is 0 Å². The van der Waals surface area contributed by atoms with E-state index >= 15 is 0 Å². The smallest absolute Gasteiger partial charge is 0.193 e. The van der Waals surface area contributed by atoms with E-state index in [1.165, 1.54) is 43.2 Å². The zero-order valence-corrected chi connectivity index (χ0v) is 13.8. The monoisotopic (exact) mass is 294 g/mol. The van der Waals surface area contributed by atoms with Gasteiger partial charge in [-0.15, -0.1) is 0 Å². The largest absolute Gasteiger partial charge is 0.289 e. The van der Waals surface area contributed by atoms with Crippen molar-refractivity contribution in [1.82, 2.24) is 0 Å². The lowest BCUT2D eigenvalue weighted by atomic mass is 9.99. The van der Waals surface area contributed by atoms with Crippen LogP contribution in [0.4, 0.5) is 0 Å². The summed E-state index contributed by atoms with van der Waals surface area (Å²) in [6.45, 7) is 4.27. The normalized spacial score (nSPS) is 10.6. The molecule has 116 valence electrons. The second-order valence-electron chi connectivity index (χ2n) is 6.06. The molecule has 0 unspecified atom stereocenters. The number of hydrogen-bond donors (Lipinski definition) is 0. The van der Waals surface area contributed by atoms with E-state index in [1.54, 1.807) is 0 Å². The van der Waals surface area contributed by atoms with Crippen LogP contribution in [-0.4, -0.2) is 5.78 Å². The third kappa shape index (κ3) is 4.84. The first kappa shape index (κ1) is 16.5. The third-order valence-electron chi connectivity index (χ3n) is 4.10. The summed E-state index contributed by atoms with van der Waals surface area (Å²) in [5.41, 5.74) is 4.04. The van der Waals surface area contributed by atoms with Gasteiger partial charge in [0.05, 0.1) is 0 Å². The maximum Gasteiger partial charge on any atom is 0.193 e. The molecule has 0 aliphatic rings. The molecule has 0 radical (unpaired) electrons. The van der Waals surface area contributed by atoms with E-state index < -0.39 is 0 Å². The Morgan fingerprint density at radius 1 is 0.773 bits per heavy atom. The molecule has 0 atom stereocenters. The molecule has 0 aromatic heterocycles. The lowest BCUT2D eigenvalue weighted by Crippen LogP contribution is -2.01. The number of ketones is 1. The molecular formula is C21H26O. The van der Waals surface area contributed by atoms with Crippen molar-refractivity contribution in [2.45, 2.75) is 52.4 Å². The van der Waals surface area contributed by atoms with Crippen molar-refractivity contribution >= 4 is 5.78 Å². The molecule has 0 saturated heterocycles. The zero-order chi connectivity index (χ0) is 15.8. The quantitative estimate of drug-likeness (QED) is 0.448. The summed E-state index contributed by atoms with van der Waals surface area (Å²) in [6.07, 6.45) is 7.62. The highest BCUT2D eigenvalue weighted by atomic mass is 16.1. The molecule has 1 heteroatoms. The van der Waals surface area contributed by atoms with E-state index in [1.807, 2.05) is 43.3 Å². The maximum atomic E-state index is 12.4. The van der Waals surface area contributed by atoms with Crippen LogP contribution in [-0.2, 0) is 6.42 Å². The van der Waals surface area contributed by atoms with E-state index in [-0.39, 0.29) is 5.78 Å². The first-order chi connectivity index (χ1) is 10.7. The van der Waals surface area contributed by atoms with Gasteiger partial charge in [0.15, 0.2) is 5.78 Å². The number of benzene rings is 2. The van der Waals surface area contributed by atoms with Crippen LogP contribution >= 0.6 is 0 Å². The van der Waals surface area contributed by atoms with Gasteiger partial charge in [0.25, 0.3) is 0 Å². The summed E-state index contributed by atoms with van der Waals surface area (Å²) in [4.78, 5) is 12.4. The number of rotatable bonds is 8. The van der Waals surface area contributed by atoms with Crippen LogP contribution in [0.2, 0.25) is 0 Å². The summed E-state index contributed by atoms with van der Waals surface area (Å²) in [5, 5.41) is 0. The molecule has 2 aromatic carbocycles. The zero-order valence-electron chi connectivity index (χ0n) is 13.8. The van der Waals surface area contributed by atoms with Gasteiger partial charge in [0, 0.05) is 11.1 Å². The molecule has 22 heavy (non-hydrogen) atoms. The average Bonchev–Trinajstić information content (AvgIpc) is 2.55. The fourth-order valence-electron chi connectivity index (χ4n) is 2.63. The second kappa shape index (κ2) is 8.53. The van der Waals surface area contributed by atoms with Gasteiger partial charge in [-0.25, -0.2) is 0 Å². The molecule has 0 aliphatic carbocycles. The Balaban J connectivity index is 1.91. The minimum Gasteiger partial charge on any atom is -0.289 e. The van der Waals surface area contributed by atoms with E-state index in [9.17, 15) is 4.79 Å². The number of carbonyl (C=O) groups excluding carboxylic acids is 1. The Morgan fingerprint density at radius 3 is 1.91 bits per heavy atom. The van der Waals surface area contributed by atoms with Crippen molar-refractivity contribution in [2.24, 2.45) is 0 Å². The molecule has 0 bridgehead atoms. The predicted octanol–water partition coefficient (Wildman–Crippen LogP) is 5.74.